The molecule has 3 aromatic rings. The summed E-state index contributed by atoms with van der Waals surface area (Å²) in [7, 11) is 0. The summed E-state index contributed by atoms with van der Waals surface area (Å²) in [6, 6.07) is 18.5. The highest BCUT2D eigenvalue weighted by Gasteiger charge is 1.99. The maximum Gasteiger partial charge on any atom is 0.157 e. The monoisotopic (exact) mass is 282 g/mol. The maximum atomic E-state index is 5.81. The predicted octanol–water partition coefficient (Wildman–Crippen LogP) is 2.97. The molecule has 0 atom stereocenters. The fraction of sp³-hybridized carbons (Fsp3) is 0.222. The van der Waals surface area contributed by atoms with Crippen LogP contribution in [-0.2, 0) is 6.54 Å². The van der Waals surface area contributed by atoms with Crippen molar-refractivity contribution in [2.75, 3.05) is 13.2 Å². The molecule has 108 valence electrons. The zero-order chi connectivity index (χ0) is 14.3. The number of ether oxygens (including phenoxy) is 1. The Kier molecular flexibility index (Phi) is 4.54. The van der Waals surface area contributed by atoms with Crippen LogP contribution in [0.4, 0.5) is 0 Å². The Hall–Kier alpha value is -2.26. The van der Waals surface area contributed by atoms with Gasteiger partial charge < -0.3 is 14.5 Å². The van der Waals surface area contributed by atoms with Gasteiger partial charge in [0.15, 0.2) is 5.76 Å². The van der Waals surface area contributed by atoms with Crippen molar-refractivity contribution in [3.8, 4) is 5.75 Å². The normalized spacial score (nSPS) is 10.9. The highest BCUT2D eigenvalue weighted by Crippen LogP contribution is 2.20. The zero-order valence-electron chi connectivity index (χ0n) is 12.0. The van der Waals surface area contributed by atoms with Crippen LogP contribution < -0.4 is 10.1 Å². The molecule has 0 aliphatic rings. The fourth-order valence-corrected chi connectivity index (χ4v) is 2.35. The number of hydrogen-bond acceptors (Lipinski definition) is 2. The summed E-state index contributed by atoms with van der Waals surface area (Å²) < 4.78 is 11.1. The molecule has 0 amide bonds. The van der Waals surface area contributed by atoms with E-state index >= 15 is 0 Å². The van der Waals surface area contributed by atoms with E-state index in [1.165, 1.54) is 10.8 Å². The van der Waals surface area contributed by atoms with Gasteiger partial charge in [-0.2, -0.15) is 0 Å². The lowest BCUT2D eigenvalue weighted by Gasteiger charge is -2.07. The van der Waals surface area contributed by atoms with E-state index in [0.717, 1.165) is 37.6 Å². The number of hydrogen-bond donors (Lipinski definition) is 1. The van der Waals surface area contributed by atoms with Crippen LogP contribution in [0.15, 0.2) is 65.3 Å². The number of furan rings is 1. The van der Waals surface area contributed by atoms with Crippen molar-refractivity contribution in [1.82, 2.24) is 0 Å². The highest BCUT2D eigenvalue weighted by atomic mass is 16.5. The first-order chi connectivity index (χ1) is 10.4. The molecule has 2 N–H and O–H groups in total. The van der Waals surface area contributed by atoms with Gasteiger partial charge in [-0.3, -0.25) is 0 Å². The lowest BCUT2D eigenvalue weighted by molar-refractivity contribution is -0.672. The maximum absolute atomic E-state index is 5.81. The first-order valence-electron chi connectivity index (χ1n) is 7.37. The van der Waals surface area contributed by atoms with E-state index in [1.807, 2.05) is 18.2 Å². The number of quaternary nitrogens is 1. The van der Waals surface area contributed by atoms with Gasteiger partial charge in [-0.05, 0) is 35.0 Å². The topological polar surface area (TPSA) is 39.0 Å². The molecule has 3 heteroatoms. The molecule has 1 aromatic heterocycles. The van der Waals surface area contributed by atoms with Crippen LogP contribution in [0.3, 0.4) is 0 Å². The zero-order valence-corrected chi connectivity index (χ0v) is 12.0. The van der Waals surface area contributed by atoms with E-state index in [0.29, 0.717) is 0 Å². The Morgan fingerprint density at radius 2 is 1.86 bits per heavy atom. The van der Waals surface area contributed by atoms with Gasteiger partial charge in [-0.25, -0.2) is 0 Å². The Bertz CT molecular complexity index is 677. The molecule has 3 rings (SSSR count). The molecule has 0 unspecified atom stereocenters. The molecule has 0 bridgehead atoms. The van der Waals surface area contributed by atoms with Crippen molar-refractivity contribution >= 4 is 10.8 Å². The van der Waals surface area contributed by atoms with E-state index in [2.05, 4.69) is 41.7 Å². The summed E-state index contributed by atoms with van der Waals surface area (Å²) in [6.45, 7) is 2.67. The second-order valence-electron chi connectivity index (χ2n) is 5.07. The summed E-state index contributed by atoms with van der Waals surface area (Å²) in [6.07, 6.45) is 2.74. The van der Waals surface area contributed by atoms with E-state index in [4.69, 9.17) is 9.15 Å². The van der Waals surface area contributed by atoms with Gasteiger partial charge in [0.05, 0.1) is 19.4 Å². The third-order valence-electron chi connectivity index (χ3n) is 3.47. The Balaban J connectivity index is 1.40. The van der Waals surface area contributed by atoms with Crippen molar-refractivity contribution in [2.45, 2.75) is 13.0 Å². The minimum absolute atomic E-state index is 0.743. The molecular formula is C18H20NO2+. The number of nitrogens with two attached hydrogens (primary N) is 1. The Morgan fingerprint density at radius 3 is 2.71 bits per heavy atom. The molecule has 0 aliphatic heterocycles. The molecule has 0 saturated heterocycles. The Labute approximate surface area is 124 Å². The lowest BCUT2D eigenvalue weighted by atomic mass is 10.1. The summed E-state index contributed by atoms with van der Waals surface area (Å²) in [5, 5.41) is 4.71. The van der Waals surface area contributed by atoms with Gasteiger partial charge >= 0.3 is 0 Å². The first kappa shape index (κ1) is 13.7. The van der Waals surface area contributed by atoms with Crippen LogP contribution in [0.25, 0.3) is 10.8 Å². The first-order valence-corrected chi connectivity index (χ1v) is 7.37. The van der Waals surface area contributed by atoms with E-state index in [9.17, 15) is 0 Å². The van der Waals surface area contributed by atoms with Gasteiger partial charge in [-0.15, -0.1) is 0 Å². The molecule has 2 aromatic carbocycles. The molecule has 0 fully saturated rings. The van der Waals surface area contributed by atoms with Crippen molar-refractivity contribution < 1.29 is 14.5 Å². The second-order valence-corrected chi connectivity index (χ2v) is 5.07. The average molecular weight is 282 g/mol. The van der Waals surface area contributed by atoms with Crippen molar-refractivity contribution in [2.24, 2.45) is 0 Å². The minimum atomic E-state index is 0.743. The van der Waals surface area contributed by atoms with Gasteiger partial charge in [0, 0.05) is 6.42 Å². The van der Waals surface area contributed by atoms with E-state index in [1.54, 1.807) is 6.26 Å². The van der Waals surface area contributed by atoms with Crippen LogP contribution in [0, 0.1) is 0 Å². The van der Waals surface area contributed by atoms with Crippen LogP contribution in [0.1, 0.15) is 12.2 Å². The molecule has 1 heterocycles. The van der Waals surface area contributed by atoms with Crippen molar-refractivity contribution in [1.29, 1.82) is 0 Å². The molecular weight excluding hydrogens is 262 g/mol. The smallest absolute Gasteiger partial charge is 0.157 e. The van der Waals surface area contributed by atoms with Crippen molar-refractivity contribution in [3.63, 3.8) is 0 Å². The summed E-state index contributed by atoms with van der Waals surface area (Å²) in [4.78, 5) is 0. The SMILES string of the molecule is c1coc(C[NH2+]CCCOc2ccc3ccccc3c2)c1. The lowest BCUT2D eigenvalue weighted by Crippen LogP contribution is -2.82. The highest BCUT2D eigenvalue weighted by molar-refractivity contribution is 5.83. The summed E-state index contributed by atoms with van der Waals surface area (Å²) in [5.41, 5.74) is 0. The third kappa shape index (κ3) is 3.86. The summed E-state index contributed by atoms with van der Waals surface area (Å²) >= 11 is 0. The van der Waals surface area contributed by atoms with Crippen LogP contribution >= 0.6 is 0 Å². The third-order valence-corrected chi connectivity index (χ3v) is 3.47. The van der Waals surface area contributed by atoms with Gasteiger partial charge in [0.2, 0.25) is 0 Å². The second kappa shape index (κ2) is 6.95. The molecule has 0 radical (unpaired) electrons. The largest absolute Gasteiger partial charge is 0.493 e. The van der Waals surface area contributed by atoms with Gasteiger partial charge in [0.1, 0.15) is 12.3 Å². The van der Waals surface area contributed by atoms with Crippen LogP contribution in [0.2, 0.25) is 0 Å². The van der Waals surface area contributed by atoms with Gasteiger partial charge in [0.25, 0.3) is 0 Å². The van der Waals surface area contributed by atoms with Gasteiger partial charge in [-0.1, -0.05) is 30.3 Å². The standard InChI is InChI=1S/C18H19NO2/c1-2-6-16-13-17(9-8-15(16)5-1)20-12-4-10-19-14-18-7-3-11-21-18/h1-3,5-9,11,13,19H,4,10,12,14H2/p+1. The number of benzene rings is 2. The summed E-state index contributed by atoms with van der Waals surface area (Å²) in [5.74, 6) is 1.96. The quantitative estimate of drug-likeness (QED) is 0.677. The van der Waals surface area contributed by atoms with Crippen LogP contribution in [-0.4, -0.2) is 13.2 Å². The van der Waals surface area contributed by atoms with E-state index in [-0.39, 0.29) is 0 Å². The minimum Gasteiger partial charge on any atom is -0.493 e. The Morgan fingerprint density at radius 1 is 0.952 bits per heavy atom. The van der Waals surface area contributed by atoms with E-state index < -0.39 is 0 Å². The van der Waals surface area contributed by atoms with Crippen LogP contribution in [0.5, 0.6) is 5.75 Å². The molecule has 3 nitrogen and oxygen atoms in total. The molecule has 0 saturated carbocycles. The molecule has 21 heavy (non-hydrogen) atoms. The molecule has 0 spiro atoms. The van der Waals surface area contributed by atoms with Crippen molar-refractivity contribution in [3.05, 3.63) is 66.6 Å². The number of rotatable bonds is 7. The molecule has 0 aliphatic carbocycles. The number of fused-ring (bicyclic) bond motifs is 1. The predicted molar refractivity (Wildman–Crippen MR) is 83.3 cm³/mol. The average Bonchev–Trinajstić information content (AvgIpc) is 3.04. The fourth-order valence-electron chi connectivity index (χ4n) is 2.35.